The Balaban J connectivity index is 2.36. The van der Waals surface area contributed by atoms with Gasteiger partial charge in [0, 0.05) is 0 Å². The quantitative estimate of drug-likeness (QED) is 0.579. The highest BCUT2D eigenvalue weighted by atomic mass is 16.6. The third kappa shape index (κ3) is 4.45. The van der Waals surface area contributed by atoms with Gasteiger partial charge >= 0.3 is 7.32 Å². The van der Waals surface area contributed by atoms with E-state index in [1.807, 2.05) is 12.1 Å². The van der Waals surface area contributed by atoms with Crippen molar-refractivity contribution < 1.29 is 14.7 Å². The lowest BCUT2D eigenvalue weighted by atomic mass is 9.83. The summed E-state index contributed by atoms with van der Waals surface area (Å²) in [6, 6.07) is 15.0. The van der Waals surface area contributed by atoms with Gasteiger partial charge in [0.1, 0.15) is 0 Å². The van der Waals surface area contributed by atoms with E-state index in [2.05, 4.69) is 71.9 Å². The van der Waals surface area contributed by atoms with Gasteiger partial charge in [-0.1, -0.05) is 53.6 Å². The van der Waals surface area contributed by atoms with E-state index in [0.717, 1.165) is 16.7 Å². The molecule has 0 bridgehead atoms. The topological polar surface area (TPSA) is 49.7 Å². The minimum atomic E-state index is -1.80. The Morgan fingerprint density at radius 3 is 1.66 bits per heavy atom. The Morgan fingerprint density at radius 2 is 1.17 bits per heavy atom. The van der Waals surface area contributed by atoms with Crippen LogP contribution >= 0.6 is 0 Å². The molecule has 29 heavy (non-hydrogen) atoms. The fourth-order valence-electron chi connectivity index (χ4n) is 4.57. The molecule has 3 aromatic carbocycles. The number of aryl methyl sites for hydroxylation is 6. The maximum atomic E-state index is 9.26. The van der Waals surface area contributed by atoms with Crippen molar-refractivity contribution in [3.63, 3.8) is 0 Å². The molecule has 0 amide bonds. The Kier molecular flexibility index (Phi) is 6.28. The van der Waals surface area contributed by atoms with Gasteiger partial charge in [-0.3, -0.25) is 0 Å². The van der Waals surface area contributed by atoms with E-state index < -0.39 is 7.32 Å². The second-order valence-electron chi connectivity index (χ2n) is 8.02. The third-order valence-electron chi connectivity index (χ3n) is 5.41. The zero-order valence-electron chi connectivity index (χ0n) is 18.1. The maximum Gasteiger partial charge on any atom is 0.634 e. The molecule has 0 radical (unpaired) electrons. The zero-order valence-corrected chi connectivity index (χ0v) is 18.1. The van der Waals surface area contributed by atoms with Gasteiger partial charge in [0.05, 0.1) is 6.61 Å². The first-order valence-corrected chi connectivity index (χ1v) is 9.95. The molecule has 3 nitrogen and oxygen atoms in total. The van der Waals surface area contributed by atoms with Crippen LogP contribution in [0.5, 0.6) is 0 Å². The summed E-state index contributed by atoms with van der Waals surface area (Å²) in [5, 5.41) is 18.5. The van der Waals surface area contributed by atoms with Crippen LogP contribution in [0.2, 0.25) is 0 Å². The van der Waals surface area contributed by atoms with Gasteiger partial charge in [-0.15, -0.1) is 0 Å². The molecule has 150 valence electrons. The molecular formula is C25H29BO3. The smallest absolute Gasteiger partial charge is 0.402 e. The van der Waals surface area contributed by atoms with Crippen LogP contribution in [0.15, 0.2) is 42.5 Å². The molecule has 0 unspecified atom stereocenters. The molecule has 3 aromatic rings. The summed E-state index contributed by atoms with van der Waals surface area (Å²) in [6.07, 6.45) is 0. The number of hydrogen-bond donors (Lipinski definition) is 2. The number of benzene rings is 3. The highest BCUT2D eigenvalue weighted by Crippen LogP contribution is 2.41. The predicted octanol–water partition coefficient (Wildman–Crippen LogP) is 5.36. The van der Waals surface area contributed by atoms with Gasteiger partial charge in [-0.2, -0.15) is 0 Å². The van der Waals surface area contributed by atoms with E-state index in [-0.39, 0.29) is 6.61 Å². The Bertz CT molecular complexity index is 1010. The van der Waals surface area contributed by atoms with E-state index in [0.29, 0.717) is 0 Å². The standard InChI is InChI=1S/C25H29BO3/c1-15-10-17(3)23(18(4)11-15)22-9-7-8-21(14-29-26(27)28)25(22)24-19(5)12-16(2)13-20(24)6/h7-13,27-28H,14H2,1-6H3. The molecule has 3 rings (SSSR count). The van der Waals surface area contributed by atoms with Crippen molar-refractivity contribution in [3.8, 4) is 22.3 Å². The van der Waals surface area contributed by atoms with Crippen LogP contribution < -0.4 is 0 Å². The van der Waals surface area contributed by atoms with Crippen LogP contribution in [0.1, 0.15) is 38.9 Å². The summed E-state index contributed by atoms with van der Waals surface area (Å²) in [5.41, 5.74) is 12.9. The second-order valence-corrected chi connectivity index (χ2v) is 8.02. The van der Waals surface area contributed by atoms with Crippen LogP contribution in [-0.2, 0) is 11.3 Å². The summed E-state index contributed by atoms with van der Waals surface area (Å²) < 4.78 is 5.18. The minimum absolute atomic E-state index is 0.123. The lowest BCUT2D eigenvalue weighted by Gasteiger charge is -2.22. The Hall–Kier alpha value is -2.40. The van der Waals surface area contributed by atoms with Crippen molar-refractivity contribution in [1.29, 1.82) is 0 Å². The Morgan fingerprint density at radius 1 is 0.690 bits per heavy atom. The minimum Gasteiger partial charge on any atom is -0.402 e. The second kappa shape index (κ2) is 8.54. The molecule has 0 aliphatic heterocycles. The molecule has 2 N–H and O–H groups in total. The van der Waals surface area contributed by atoms with Crippen LogP contribution in [0.3, 0.4) is 0 Å². The van der Waals surface area contributed by atoms with E-state index in [1.54, 1.807) is 0 Å². The summed E-state index contributed by atoms with van der Waals surface area (Å²) in [4.78, 5) is 0. The fraction of sp³-hybridized carbons (Fsp3) is 0.280. The average molecular weight is 388 g/mol. The molecule has 0 atom stereocenters. The van der Waals surface area contributed by atoms with Crippen LogP contribution in [0.25, 0.3) is 22.3 Å². The van der Waals surface area contributed by atoms with Gasteiger partial charge in [0.15, 0.2) is 0 Å². The predicted molar refractivity (Wildman–Crippen MR) is 121 cm³/mol. The number of rotatable bonds is 5. The van der Waals surface area contributed by atoms with E-state index >= 15 is 0 Å². The molecule has 0 aliphatic carbocycles. The van der Waals surface area contributed by atoms with Crippen LogP contribution in [0, 0.1) is 41.5 Å². The van der Waals surface area contributed by atoms with Crippen molar-refractivity contribution in [2.24, 2.45) is 0 Å². The molecule has 4 heteroatoms. The molecule has 0 spiro atoms. The van der Waals surface area contributed by atoms with E-state index in [9.17, 15) is 10.0 Å². The van der Waals surface area contributed by atoms with E-state index in [1.165, 1.54) is 44.5 Å². The molecule has 0 fully saturated rings. The molecule has 0 heterocycles. The van der Waals surface area contributed by atoms with Gasteiger partial charge in [0.25, 0.3) is 0 Å². The molecule has 0 aliphatic rings. The molecule has 0 saturated carbocycles. The molecule has 0 aromatic heterocycles. The van der Waals surface area contributed by atoms with Gasteiger partial charge in [-0.05, 0) is 91.6 Å². The average Bonchev–Trinajstić information content (AvgIpc) is 2.59. The lowest BCUT2D eigenvalue weighted by Crippen LogP contribution is -2.16. The maximum absolute atomic E-state index is 9.26. The highest BCUT2D eigenvalue weighted by molar-refractivity contribution is 6.32. The van der Waals surface area contributed by atoms with Crippen molar-refractivity contribution in [1.82, 2.24) is 0 Å². The first-order valence-electron chi connectivity index (χ1n) is 9.95. The SMILES string of the molecule is Cc1cc(C)c(-c2cccc(COB(O)O)c2-c2c(C)cc(C)cc2C)c(C)c1. The summed E-state index contributed by atoms with van der Waals surface area (Å²) >= 11 is 0. The fourth-order valence-corrected chi connectivity index (χ4v) is 4.57. The highest BCUT2D eigenvalue weighted by Gasteiger charge is 2.20. The van der Waals surface area contributed by atoms with Gasteiger partial charge in [0.2, 0.25) is 0 Å². The summed E-state index contributed by atoms with van der Waals surface area (Å²) in [5.74, 6) is 0. The third-order valence-corrected chi connectivity index (χ3v) is 5.41. The lowest BCUT2D eigenvalue weighted by molar-refractivity contribution is 0.177. The van der Waals surface area contributed by atoms with Crippen molar-refractivity contribution >= 4 is 7.32 Å². The first kappa shape index (κ1) is 21.3. The van der Waals surface area contributed by atoms with E-state index in [4.69, 9.17) is 4.65 Å². The van der Waals surface area contributed by atoms with Crippen molar-refractivity contribution in [2.45, 2.75) is 48.1 Å². The van der Waals surface area contributed by atoms with Gasteiger partial charge in [-0.25, -0.2) is 0 Å². The van der Waals surface area contributed by atoms with Crippen molar-refractivity contribution in [3.05, 3.63) is 81.4 Å². The first-order chi connectivity index (χ1) is 13.7. The summed E-state index contributed by atoms with van der Waals surface area (Å²) in [6.45, 7) is 12.9. The van der Waals surface area contributed by atoms with Crippen molar-refractivity contribution in [2.75, 3.05) is 0 Å². The zero-order chi connectivity index (χ0) is 21.3. The molecule has 0 saturated heterocycles. The van der Waals surface area contributed by atoms with Crippen LogP contribution in [-0.4, -0.2) is 17.4 Å². The van der Waals surface area contributed by atoms with Gasteiger partial charge < -0.3 is 14.7 Å². The van der Waals surface area contributed by atoms with Crippen LogP contribution in [0.4, 0.5) is 0 Å². The monoisotopic (exact) mass is 388 g/mol. The number of hydrogen-bond acceptors (Lipinski definition) is 3. The molecular weight excluding hydrogens is 359 g/mol. The normalized spacial score (nSPS) is 11.0. The summed E-state index contributed by atoms with van der Waals surface area (Å²) in [7, 11) is -1.80. The Labute approximate surface area is 174 Å². The largest absolute Gasteiger partial charge is 0.634 e.